The zero-order valence-corrected chi connectivity index (χ0v) is 26.3. The molecule has 7 heterocycles. The van der Waals surface area contributed by atoms with Crippen molar-refractivity contribution in [2.24, 2.45) is 10.7 Å². The molecule has 7 N–H and O–H groups in total. The number of anilines is 1. The number of imidazole rings is 1. The maximum Gasteiger partial charge on any atom is 0.325 e. The van der Waals surface area contributed by atoms with Crippen LogP contribution < -0.4 is 22.1 Å². The number of amides is 1. The second-order valence-electron chi connectivity index (χ2n) is 10.9. The molecule has 46 heavy (non-hydrogen) atoms. The van der Waals surface area contributed by atoms with E-state index >= 15 is 4.39 Å². The number of hydrogen-bond donors (Lipinski definition) is 5. The predicted octanol–water partition coefficient (Wildman–Crippen LogP) is -2.31. The van der Waals surface area contributed by atoms with Gasteiger partial charge in [-0.05, 0) is 11.8 Å². The first-order valence-corrected chi connectivity index (χ1v) is 18.0. The fourth-order valence-corrected chi connectivity index (χ4v) is 8.40. The van der Waals surface area contributed by atoms with E-state index in [1.165, 1.54) is 35.6 Å². The van der Waals surface area contributed by atoms with Gasteiger partial charge in [0.25, 0.3) is 5.91 Å². The summed E-state index contributed by atoms with van der Waals surface area (Å²) in [5, 5.41) is 5.52. The fraction of sp³-hybridized carbons (Fsp3) is 0.667. The molecule has 4 fully saturated rings. The number of aliphatic imine (C=N–C) groups is 1. The Kier molecular flexibility index (Phi) is 8.45. The Balaban J connectivity index is 1.17. The summed E-state index contributed by atoms with van der Waals surface area (Å²) >= 11 is 5.24. The molecule has 13 atom stereocenters. The lowest BCUT2D eigenvalue weighted by molar-refractivity contribution is -0.130. The number of fused-ring (bicyclic) bond motifs is 5. The fourth-order valence-electron chi connectivity index (χ4n) is 5.99. The Morgan fingerprint density at radius 1 is 1.17 bits per heavy atom. The van der Waals surface area contributed by atoms with Crippen LogP contribution in [0.1, 0.15) is 6.23 Å². The number of nitrogen functional groups attached to an aromatic ring is 1. The summed E-state index contributed by atoms with van der Waals surface area (Å²) < 4.78 is 71.2. The number of carbonyl (C=O) groups is 1. The Morgan fingerprint density at radius 3 is 2.72 bits per heavy atom. The number of nitrogens with one attached hydrogen (secondary N) is 2. The maximum atomic E-state index is 16.1. The molecule has 0 aliphatic carbocycles. The number of methoxy groups -OCH3 is 1. The molecule has 2 aromatic heterocycles. The molecule has 5 aliphatic heterocycles. The van der Waals surface area contributed by atoms with Gasteiger partial charge in [0.2, 0.25) is 0 Å². The topological polar surface area (TPSA) is 254 Å². The second kappa shape index (κ2) is 12.0. The van der Waals surface area contributed by atoms with Gasteiger partial charge in [0, 0.05) is 7.11 Å². The molecule has 4 saturated heterocycles. The zero-order valence-electron chi connectivity index (χ0n) is 23.7. The van der Waals surface area contributed by atoms with Gasteiger partial charge in [0.15, 0.2) is 36.1 Å². The standard InChI is InChI=1S/C21H28BFN10O10P2S/c1-37-13-8-3-39-45(36,46)43-12-7(40-19(9(12)23)32-5-28-10-15(24)26-4-27-16(10)32)2-38-44(22,35)42-14(13)20(41-8)33-6-29-11-17(33)30-21(25)31-18(11)34/h4-9,11-14,17,19-21,30H,2-3,25H2,1H3,(H,31,34)(H,36,46)(H2,24,26,27)/q-1/t7?,8?,9?,11?,12?,13?,14?,17?,19?,20?,21?,44-,45?/m0/s1. The number of nitrogens with zero attached hydrogens (tertiary/aromatic N) is 6. The third-order valence-corrected chi connectivity index (χ3v) is 10.6. The minimum absolute atomic E-state index is 0.0605. The monoisotopic (exact) mass is 704 g/mol. The first kappa shape index (κ1) is 32.3. The van der Waals surface area contributed by atoms with Gasteiger partial charge in [-0.1, -0.05) is 0 Å². The summed E-state index contributed by atoms with van der Waals surface area (Å²) in [5.41, 5.74) is 12.1. The average molecular weight is 704 g/mol. The van der Waals surface area contributed by atoms with E-state index in [9.17, 15) is 14.3 Å². The molecule has 5 aliphatic rings. The number of aromatic nitrogens is 4. The van der Waals surface area contributed by atoms with Gasteiger partial charge in [-0.3, -0.25) is 29.9 Å². The number of alkyl halides is 1. The van der Waals surface area contributed by atoms with Crippen LogP contribution in [-0.2, 0) is 53.5 Å². The van der Waals surface area contributed by atoms with Crippen molar-refractivity contribution in [2.75, 3.05) is 26.1 Å². The highest BCUT2D eigenvalue weighted by Gasteiger charge is 2.55. The molecule has 20 nitrogen and oxygen atoms in total. The van der Waals surface area contributed by atoms with Crippen molar-refractivity contribution in [3.8, 4) is 0 Å². The third kappa shape index (κ3) is 5.76. The second-order valence-corrected chi connectivity index (χ2v) is 15.2. The van der Waals surface area contributed by atoms with E-state index in [1.54, 1.807) is 0 Å². The van der Waals surface area contributed by atoms with Crippen molar-refractivity contribution in [3.05, 3.63) is 12.7 Å². The highest BCUT2D eigenvalue weighted by molar-refractivity contribution is 8.07. The van der Waals surface area contributed by atoms with E-state index in [-0.39, 0.29) is 17.0 Å². The molecule has 7 rings (SSSR count). The van der Waals surface area contributed by atoms with Crippen LogP contribution in [0.15, 0.2) is 17.6 Å². The van der Waals surface area contributed by atoms with E-state index in [4.69, 9.17) is 63.1 Å². The Morgan fingerprint density at radius 2 is 1.93 bits per heavy atom. The lowest BCUT2D eigenvalue weighted by Crippen LogP contribution is -2.70. The average Bonchev–Trinajstić information content (AvgIpc) is 3.75. The summed E-state index contributed by atoms with van der Waals surface area (Å²) in [6.07, 6.45) is -8.71. The van der Waals surface area contributed by atoms with Crippen LogP contribution in [-0.4, -0.2) is 131 Å². The number of nitrogens with two attached hydrogens (primary N) is 2. The molecule has 1 amide bonds. The quantitative estimate of drug-likeness (QED) is 0.166. The largest absolute Gasteiger partial charge is 0.444 e. The molecule has 2 aromatic rings. The Bertz CT molecular complexity index is 1650. The number of rotatable bonds is 3. The lowest BCUT2D eigenvalue weighted by Gasteiger charge is -2.41. The van der Waals surface area contributed by atoms with Gasteiger partial charge in [-0.2, -0.15) is 0 Å². The summed E-state index contributed by atoms with van der Waals surface area (Å²) in [4.78, 5) is 41.4. The molecule has 0 saturated carbocycles. The predicted molar refractivity (Wildman–Crippen MR) is 157 cm³/mol. The van der Waals surface area contributed by atoms with E-state index < -0.39 is 101 Å². The lowest BCUT2D eigenvalue weighted by atomic mass is 10.1. The van der Waals surface area contributed by atoms with Crippen LogP contribution in [0.25, 0.3) is 11.2 Å². The minimum atomic E-state index is -4.50. The van der Waals surface area contributed by atoms with E-state index in [1.807, 2.05) is 0 Å². The van der Waals surface area contributed by atoms with Crippen LogP contribution in [0.4, 0.5) is 10.2 Å². The number of halogens is 1. The van der Waals surface area contributed by atoms with Crippen molar-refractivity contribution < 1.29 is 50.9 Å². The molecule has 2 bridgehead atoms. The molecule has 3 radical (unpaired) electrons. The highest BCUT2D eigenvalue weighted by atomic mass is 32.5. The normalized spacial score (nSPS) is 44.7. The van der Waals surface area contributed by atoms with E-state index in [0.29, 0.717) is 0 Å². The van der Waals surface area contributed by atoms with Crippen molar-refractivity contribution in [2.45, 2.75) is 67.6 Å². The highest BCUT2D eigenvalue weighted by Crippen LogP contribution is 2.53. The molecular weight excluding hydrogens is 676 g/mol. The number of hydrogen-bond acceptors (Lipinski definition) is 18. The molecule has 12 unspecified atom stereocenters. The van der Waals surface area contributed by atoms with Crippen LogP contribution in [0.2, 0.25) is 0 Å². The number of carbonyl (C=O) groups excluding carboxylic acids is 1. The van der Waals surface area contributed by atoms with Crippen LogP contribution in [0.3, 0.4) is 0 Å². The van der Waals surface area contributed by atoms with Crippen LogP contribution in [0.5, 0.6) is 0 Å². The molecule has 25 heteroatoms. The van der Waals surface area contributed by atoms with E-state index in [2.05, 4.69) is 30.6 Å². The van der Waals surface area contributed by atoms with Crippen molar-refractivity contribution in [3.63, 3.8) is 0 Å². The first-order chi connectivity index (χ1) is 21.9. The van der Waals surface area contributed by atoms with Crippen molar-refractivity contribution >= 4 is 62.8 Å². The van der Waals surface area contributed by atoms with Gasteiger partial charge in [-0.25, -0.2) is 19.3 Å². The molecular formula is C21H28BFN10O10P2S-. The third-order valence-electron chi connectivity index (χ3n) is 8.02. The van der Waals surface area contributed by atoms with Gasteiger partial charge in [-0.15, -0.1) is 0 Å². The van der Waals surface area contributed by atoms with Crippen LogP contribution >= 0.6 is 14.2 Å². The first-order valence-electron chi connectivity index (χ1n) is 13.8. The van der Waals surface area contributed by atoms with Gasteiger partial charge < -0.3 is 60.8 Å². The number of ether oxygens (including phenoxy) is 3. The van der Waals surface area contributed by atoms with Gasteiger partial charge >= 0.3 is 6.72 Å². The zero-order chi connectivity index (χ0) is 32.5. The van der Waals surface area contributed by atoms with Gasteiger partial charge in [0.1, 0.15) is 54.8 Å². The van der Waals surface area contributed by atoms with E-state index in [0.717, 1.165) is 0 Å². The van der Waals surface area contributed by atoms with Crippen LogP contribution in [0, 0.1) is 0 Å². The summed E-state index contributed by atoms with van der Waals surface area (Å²) in [6, 6.07) is -0.891. The molecule has 249 valence electrons. The summed E-state index contributed by atoms with van der Waals surface area (Å²) in [7, 11) is 2.87. The van der Waals surface area contributed by atoms with Crippen molar-refractivity contribution in [1.29, 1.82) is 0 Å². The summed E-state index contributed by atoms with van der Waals surface area (Å²) in [5.74, 6) is -0.373. The minimum Gasteiger partial charge on any atom is -0.444 e. The Labute approximate surface area is 265 Å². The van der Waals surface area contributed by atoms with Gasteiger partial charge in [0.05, 0.1) is 33.4 Å². The smallest absolute Gasteiger partial charge is 0.325 e. The SMILES string of the molecule is [B-][P@]1(=O)OCC2OC(n3cnc4c(N)ncnc43)C(F)C2OP(O)(=S)OCC2OC(N3C=NC4C(=O)NC(N)NC43)C(O1)C2OC. The molecule has 0 spiro atoms. The van der Waals surface area contributed by atoms with Crippen molar-refractivity contribution in [1.82, 2.24) is 35.1 Å². The Hall–Kier alpha value is -2.24. The molecule has 0 aromatic carbocycles. The summed E-state index contributed by atoms with van der Waals surface area (Å²) in [6.45, 7) is -5.29. The maximum absolute atomic E-state index is 16.1.